The number of alkyl halides is 3. The number of halogens is 4. The highest BCUT2D eigenvalue weighted by atomic mass is 35.5. The standard InChI is InChI=1S/C23H24ClF3N2O2/c24-19-5-1-3-17(15-19)22(7-13-31-14-8-22)21(30)29-11-9-28(10-12-29)20-6-2-4-18(16-20)23(25,26)27/h1-6,15-16H,7-14H2. The van der Waals surface area contributed by atoms with Crippen molar-refractivity contribution in [1.29, 1.82) is 0 Å². The Kier molecular flexibility index (Phi) is 6.17. The van der Waals surface area contributed by atoms with E-state index < -0.39 is 17.2 Å². The second kappa shape index (κ2) is 8.71. The van der Waals surface area contributed by atoms with E-state index in [9.17, 15) is 18.0 Å². The van der Waals surface area contributed by atoms with Crippen LogP contribution in [0.2, 0.25) is 5.02 Å². The topological polar surface area (TPSA) is 32.8 Å². The van der Waals surface area contributed by atoms with Gasteiger partial charge in [0, 0.05) is 50.1 Å². The van der Waals surface area contributed by atoms with Crippen LogP contribution < -0.4 is 4.90 Å². The van der Waals surface area contributed by atoms with Crippen molar-refractivity contribution in [3.8, 4) is 0 Å². The number of benzene rings is 2. The molecule has 0 spiro atoms. The lowest BCUT2D eigenvalue weighted by molar-refractivity contribution is -0.141. The van der Waals surface area contributed by atoms with Gasteiger partial charge < -0.3 is 14.5 Å². The molecular weight excluding hydrogens is 429 g/mol. The molecule has 0 atom stereocenters. The number of hydrogen-bond acceptors (Lipinski definition) is 3. The quantitative estimate of drug-likeness (QED) is 0.673. The van der Waals surface area contributed by atoms with Crippen LogP contribution in [-0.2, 0) is 21.1 Å². The maximum absolute atomic E-state index is 13.7. The second-order valence-electron chi connectivity index (χ2n) is 8.03. The van der Waals surface area contributed by atoms with E-state index in [1.807, 2.05) is 28.0 Å². The molecule has 4 rings (SSSR count). The SMILES string of the molecule is O=C(N1CCN(c2cccc(C(F)(F)F)c2)CC1)C1(c2cccc(Cl)c2)CCOCC1. The van der Waals surface area contributed by atoms with Gasteiger partial charge in [0.15, 0.2) is 0 Å². The van der Waals surface area contributed by atoms with E-state index in [4.69, 9.17) is 16.3 Å². The van der Waals surface area contributed by atoms with Crippen LogP contribution in [0, 0.1) is 0 Å². The summed E-state index contributed by atoms with van der Waals surface area (Å²) in [6, 6.07) is 12.8. The van der Waals surface area contributed by atoms with Gasteiger partial charge in [-0.05, 0) is 48.7 Å². The van der Waals surface area contributed by atoms with Crippen LogP contribution in [0.3, 0.4) is 0 Å². The maximum Gasteiger partial charge on any atom is 0.416 e. The van der Waals surface area contributed by atoms with Crippen molar-refractivity contribution < 1.29 is 22.7 Å². The fourth-order valence-electron chi connectivity index (χ4n) is 4.48. The fourth-order valence-corrected chi connectivity index (χ4v) is 4.67. The summed E-state index contributed by atoms with van der Waals surface area (Å²) in [7, 11) is 0. The molecule has 2 saturated heterocycles. The Morgan fingerprint density at radius 1 is 0.968 bits per heavy atom. The Morgan fingerprint density at radius 3 is 2.29 bits per heavy atom. The van der Waals surface area contributed by atoms with Gasteiger partial charge in [-0.2, -0.15) is 13.2 Å². The van der Waals surface area contributed by atoms with Crippen molar-refractivity contribution in [2.45, 2.75) is 24.4 Å². The first-order valence-electron chi connectivity index (χ1n) is 10.3. The number of rotatable bonds is 3. The Morgan fingerprint density at radius 2 is 1.65 bits per heavy atom. The van der Waals surface area contributed by atoms with E-state index in [-0.39, 0.29) is 5.91 Å². The summed E-state index contributed by atoms with van der Waals surface area (Å²) < 4.78 is 44.7. The van der Waals surface area contributed by atoms with Crippen molar-refractivity contribution in [2.24, 2.45) is 0 Å². The van der Waals surface area contributed by atoms with Crippen LogP contribution >= 0.6 is 11.6 Å². The summed E-state index contributed by atoms with van der Waals surface area (Å²) in [5.41, 5.74) is 0.0819. The van der Waals surface area contributed by atoms with Crippen molar-refractivity contribution in [2.75, 3.05) is 44.3 Å². The van der Waals surface area contributed by atoms with E-state index in [2.05, 4.69) is 0 Å². The first-order chi connectivity index (χ1) is 14.8. The van der Waals surface area contributed by atoms with Crippen LogP contribution in [-0.4, -0.2) is 50.2 Å². The van der Waals surface area contributed by atoms with E-state index in [0.29, 0.717) is 62.9 Å². The number of amides is 1. The zero-order valence-corrected chi connectivity index (χ0v) is 17.8. The van der Waals surface area contributed by atoms with Crippen LogP contribution in [0.4, 0.5) is 18.9 Å². The molecule has 2 fully saturated rings. The summed E-state index contributed by atoms with van der Waals surface area (Å²) >= 11 is 6.21. The molecule has 0 saturated carbocycles. The monoisotopic (exact) mass is 452 g/mol. The van der Waals surface area contributed by atoms with Gasteiger partial charge in [-0.1, -0.05) is 29.8 Å². The predicted octanol–water partition coefficient (Wildman–Crippen LogP) is 4.76. The number of carbonyl (C=O) groups is 1. The minimum absolute atomic E-state index is 0.0433. The van der Waals surface area contributed by atoms with E-state index in [1.54, 1.807) is 12.1 Å². The molecule has 8 heteroatoms. The summed E-state index contributed by atoms with van der Waals surface area (Å²) in [6.07, 6.45) is -3.21. The molecule has 4 nitrogen and oxygen atoms in total. The van der Waals surface area contributed by atoms with Gasteiger partial charge in [-0.3, -0.25) is 4.79 Å². The van der Waals surface area contributed by atoms with Gasteiger partial charge in [0.05, 0.1) is 11.0 Å². The van der Waals surface area contributed by atoms with Gasteiger partial charge >= 0.3 is 6.18 Å². The van der Waals surface area contributed by atoms with Crippen molar-refractivity contribution in [3.63, 3.8) is 0 Å². The average molecular weight is 453 g/mol. The van der Waals surface area contributed by atoms with E-state index in [1.165, 1.54) is 12.1 Å². The Bertz CT molecular complexity index is 936. The van der Waals surface area contributed by atoms with Gasteiger partial charge in [0.1, 0.15) is 0 Å². The number of anilines is 1. The zero-order chi connectivity index (χ0) is 22.1. The molecule has 0 bridgehead atoms. The second-order valence-corrected chi connectivity index (χ2v) is 8.47. The molecular formula is C23H24ClF3N2O2. The minimum atomic E-state index is -4.37. The Balaban J connectivity index is 1.50. The molecule has 2 heterocycles. The lowest BCUT2D eigenvalue weighted by Crippen LogP contribution is -2.56. The van der Waals surface area contributed by atoms with Crippen LogP contribution in [0.15, 0.2) is 48.5 Å². The molecule has 0 unspecified atom stereocenters. The molecule has 0 N–H and O–H groups in total. The Hall–Kier alpha value is -2.25. The smallest absolute Gasteiger partial charge is 0.381 e. The number of ether oxygens (including phenoxy) is 1. The first kappa shape index (κ1) is 22.0. The van der Waals surface area contributed by atoms with Gasteiger partial charge in [0.25, 0.3) is 0 Å². The van der Waals surface area contributed by atoms with Gasteiger partial charge in [-0.15, -0.1) is 0 Å². The largest absolute Gasteiger partial charge is 0.416 e. The molecule has 2 aliphatic heterocycles. The highest BCUT2D eigenvalue weighted by Crippen LogP contribution is 2.38. The fraction of sp³-hybridized carbons (Fsp3) is 0.435. The number of piperazine rings is 1. The summed E-state index contributed by atoms with van der Waals surface area (Å²) in [5.74, 6) is 0.0433. The first-order valence-corrected chi connectivity index (χ1v) is 10.7. The predicted molar refractivity (Wildman–Crippen MR) is 113 cm³/mol. The highest BCUT2D eigenvalue weighted by Gasteiger charge is 2.44. The molecule has 166 valence electrons. The van der Waals surface area contributed by atoms with Crippen molar-refractivity contribution in [3.05, 3.63) is 64.7 Å². The van der Waals surface area contributed by atoms with E-state index in [0.717, 1.165) is 11.6 Å². The molecule has 0 radical (unpaired) electrons. The summed E-state index contributed by atoms with van der Waals surface area (Å²) in [4.78, 5) is 17.4. The number of hydrogen-bond donors (Lipinski definition) is 0. The zero-order valence-electron chi connectivity index (χ0n) is 17.0. The molecule has 1 amide bonds. The molecule has 0 aliphatic carbocycles. The van der Waals surface area contributed by atoms with E-state index >= 15 is 0 Å². The van der Waals surface area contributed by atoms with Crippen LogP contribution in [0.25, 0.3) is 0 Å². The van der Waals surface area contributed by atoms with Crippen molar-refractivity contribution in [1.82, 2.24) is 4.90 Å². The third kappa shape index (κ3) is 4.53. The number of carbonyl (C=O) groups excluding carboxylic acids is 1. The Labute approximate surface area is 184 Å². The lowest BCUT2D eigenvalue weighted by Gasteiger charge is -2.43. The maximum atomic E-state index is 13.7. The third-order valence-electron chi connectivity index (χ3n) is 6.24. The third-order valence-corrected chi connectivity index (χ3v) is 6.47. The van der Waals surface area contributed by atoms with Gasteiger partial charge in [0.2, 0.25) is 5.91 Å². The molecule has 31 heavy (non-hydrogen) atoms. The average Bonchev–Trinajstić information content (AvgIpc) is 2.79. The normalized spacial score (nSPS) is 19.4. The molecule has 2 aliphatic rings. The van der Waals surface area contributed by atoms with Gasteiger partial charge in [-0.25, -0.2) is 0 Å². The van der Waals surface area contributed by atoms with Crippen molar-refractivity contribution >= 4 is 23.2 Å². The molecule has 2 aromatic rings. The minimum Gasteiger partial charge on any atom is -0.381 e. The van der Waals surface area contributed by atoms with Crippen LogP contribution in [0.5, 0.6) is 0 Å². The van der Waals surface area contributed by atoms with Crippen LogP contribution in [0.1, 0.15) is 24.0 Å². The lowest BCUT2D eigenvalue weighted by atomic mass is 9.73. The molecule has 2 aromatic carbocycles. The molecule has 0 aromatic heterocycles. The summed E-state index contributed by atoms with van der Waals surface area (Å²) in [6.45, 7) is 2.88. The number of nitrogens with zero attached hydrogens (tertiary/aromatic N) is 2. The highest BCUT2D eigenvalue weighted by molar-refractivity contribution is 6.30. The summed E-state index contributed by atoms with van der Waals surface area (Å²) in [5, 5.41) is 0.588.